The summed E-state index contributed by atoms with van der Waals surface area (Å²) in [6, 6.07) is 8.16. The first kappa shape index (κ1) is 24.4. The topological polar surface area (TPSA) is 41.6 Å². The molecule has 7 heteroatoms. The average molecular weight is 451 g/mol. The number of hydrazine groups is 1. The van der Waals surface area contributed by atoms with Crippen LogP contribution in [0.3, 0.4) is 0 Å². The molecule has 0 aliphatic carbocycles. The third kappa shape index (κ3) is 5.74. The molecule has 0 bridgehead atoms. The van der Waals surface area contributed by atoms with Gasteiger partial charge in [0, 0.05) is 12.0 Å². The fraction of sp³-hybridized carbons (Fsp3) is 0.560. The van der Waals surface area contributed by atoms with Crippen LogP contribution < -0.4 is 10.2 Å². The zero-order valence-electron chi connectivity index (χ0n) is 19.1. The summed E-state index contributed by atoms with van der Waals surface area (Å²) < 4.78 is 48.5. The summed E-state index contributed by atoms with van der Waals surface area (Å²) in [4.78, 5) is 11.9. The van der Waals surface area contributed by atoms with Crippen LogP contribution in [0.1, 0.15) is 77.3 Å². The fourth-order valence-electron chi connectivity index (χ4n) is 4.37. The van der Waals surface area contributed by atoms with Gasteiger partial charge in [-0.05, 0) is 48.7 Å². The molecule has 1 atom stereocenters. The molecule has 0 aromatic heterocycles. The molecular formula is C25H33F3N2O2. The molecule has 32 heavy (non-hydrogen) atoms. The van der Waals surface area contributed by atoms with E-state index >= 15 is 0 Å². The van der Waals surface area contributed by atoms with Crippen molar-refractivity contribution in [2.45, 2.75) is 83.5 Å². The predicted octanol–water partition coefficient (Wildman–Crippen LogP) is 6.70. The monoisotopic (exact) mass is 450 g/mol. The van der Waals surface area contributed by atoms with Gasteiger partial charge in [-0.25, -0.2) is 0 Å². The highest BCUT2D eigenvalue weighted by Gasteiger charge is 2.53. The van der Waals surface area contributed by atoms with Crippen molar-refractivity contribution in [1.82, 2.24) is 10.4 Å². The van der Waals surface area contributed by atoms with Crippen molar-refractivity contribution in [2.75, 3.05) is 6.61 Å². The lowest BCUT2D eigenvalue weighted by atomic mass is 9.93. The van der Waals surface area contributed by atoms with Crippen molar-refractivity contribution < 1.29 is 22.7 Å². The largest absolute Gasteiger partial charge is 0.494 e. The molecule has 2 aromatic rings. The molecule has 0 spiro atoms. The van der Waals surface area contributed by atoms with Gasteiger partial charge in [-0.15, -0.1) is 0 Å². The van der Waals surface area contributed by atoms with Gasteiger partial charge in [0.05, 0.1) is 6.61 Å². The first-order valence-electron chi connectivity index (χ1n) is 11.4. The molecule has 3 rings (SSSR count). The van der Waals surface area contributed by atoms with Gasteiger partial charge in [-0.1, -0.05) is 63.3 Å². The van der Waals surface area contributed by atoms with Crippen LogP contribution >= 0.6 is 0 Å². The number of alkyl halides is 3. The van der Waals surface area contributed by atoms with Crippen molar-refractivity contribution in [3.63, 3.8) is 0 Å². The lowest BCUT2D eigenvalue weighted by Gasteiger charge is -2.38. The van der Waals surface area contributed by atoms with Gasteiger partial charge in [0.15, 0.2) is 6.04 Å². The van der Waals surface area contributed by atoms with Gasteiger partial charge < -0.3 is 4.74 Å². The van der Waals surface area contributed by atoms with Crippen LogP contribution in [0.2, 0.25) is 0 Å². The molecule has 0 radical (unpaired) electrons. The van der Waals surface area contributed by atoms with Gasteiger partial charge in [-0.2, -0.15) is 18.2 Å². The maximum Gasteiger partial charge on any atom is 0.409 e. The van der Waals surface area contributed by atoms with Gasteiger partial charge in [0.2, 0.25) is 5.91 Å². The molecule has 1 heterocycles. The van der Waals surface area contributed by atoms with E-state index in [1.807, 2.05) is 0 Å². The van der Waals surface area contributed by atoms with Gasteiger partial charge in [-0.3, -0.25) is 10.2 Å². The fourth-order valence-corrected chi connectivity index (χ4v) is 4.37. The van der Waals surface area contributed by atoms with Crippen LogP contribution in [0, 0.1) is 0 Å². The molecule has 176 valence electrons. The van der Waals surface area contributed by atoms with Gasteiger partial charge in [0.1, 0.15) is 5.75 Å². The van der Waals surface area contributed by atoms with E-state index in [0.717, 1.165) is 17.9 Å². The SMILES string of the molecule is CCCCCCCCOc1ccc2c([C@H](N3NC(=O)CC3(C)C)C(F)(F)F)cccc2c1. The second-order valence-corrected chi connectivity index (χ2v) is 9.18. The zero-order chi connectivity index (χ0) is 23.4. The van der Waals surface area contributed by atoms with Crippen LogP contribution in [-0.4, -0.2) is 29.2 Å². The van der Waals surface area contributed by atoms with Crippen LogP contribution in [0.5, 0.6) is 5.75 Å². The van der Waals surface area contributed by atoms with E-state index in [0.29, 0.717) is 23.1 Å². The van der Waals surface area contributed by atoms with Gasteiger partial charge in [0.25, 0.3) is 0 Å². The number of hydrogen-bond acceptors (Lipinski definition) is 3. The summed E-state index contributed by atoms with van der Waals surface area (Å²) in [6.07, 6.45) is 2.43. The smallest absolute Gasteiger partial charge is 0.409 e. The van der Waals surface area contributed by atoms with E-state index in [2.05, 4.69) is 12.3 Å². The van der Waals surface area contributed by atoms with E-state index in [4.69, 9.17) is 4.74 Å². The quantitative estimate of drug-likeness (QED) is 0.410. The summed E-state index contributed by atoms with van der Waals surface area (Å²) in [5.74, 6) is 0.247. The van der Waals surface area contributed by atoms with Crippen LogP contribution in [0.15, 0.2) is 36.4 Å². The number of fused-ring (bicyclic) bond motifs is 1. The lowest BCUT2D eigenvalue weighted by Crippen LogP contribution is -2.51. The number of amides is 1. The maximum absolute atomic E-state index is 14.2. The molecule has 0 saturated carbocycles. The third-order valence-corrected chi connectivity index (χ3v) is 6.01. The summed E-state index contributed by atoms with van der Waals surface area (Å²) in [6.45, 7) is 6.07. The van der Waals surface area contributed by atoms with E-state index in [9.17, 15) is 18.0 Å². The number of carbonyl (C=O) groups excluding carboxylic acids is 1. The second kappa shape index (κ2) is 10.1. The minimum Gasteiger partial charge on any atom is -0.494 e. The Hall–Kier alpha value is -2.28. The summed E-state index contributed by atoms with van der Waals surface area (Å²) in [5, 5.41) is 2.23. The number of hydrogen-bond donors (Lipinski definition) is 1. The van der Waals surface area contributed by atoms with E-state index in [-0.39, 0.29) is 12.0 Å². The molecule has 1 N–H and O–H groups in total. The second-order valence-electron chi connectivity index (χ2n) is 9.18. The highest BCUT2D eigenvalue weighted by Crippen LogP contribution is 2.44. The molecule has 1 fully saturated rings. The summed E-state index contributed by atoms with van der Waals surface area (Å²) >= 11 is 0. The molecule has 2 aromatic carbocycles. The minimum absolute atomic E-state index is 0.0147. The van der Waals surface area contributed by atoms with Gasteiger partial charge >= 0.3 is 6.18 Å². The average Bonchev–Trinajstić information content (AvgIpc) is 2.98. The number of carbonyl (C=O) groups is 1. The summed E-state index contributed by atoms with van der Waals surface area (Å²) in [5.41, 5.74) is 1.59. The number of nitrogens with zero attached hydrogens (tertiary/aromatic N) is 1. The Morgan fingerprint density at radius 2 is 1.81 bits per heavy atom. The molecule has 1 aliphatic rings. The molecule has 0 unspecified atom stereocenters. The molecule has 4 nitrogen and oxygen atoms in total. The van der Waals surface area contributed by atoms with Crippen LogP contribution in [0.25, 0.3) is 10.8 Å². The van der Waals surface area contributed by atoms with Crippen LogP contribution in [0.4, 0.5) is 13.2 Å². The van der Waals surface area contributed by atoms with Crippen molar-refractivity contribution >= 4 is 16.7 Å². The number of unbranched alkanes of at least 4 members (excludes halogenated alkanes) is 5. The van der Waals surface area contributed by atoms with Crippen molar-refractivity contribution in [1.29, 1.82) is 0 Å². The number of benzene rings is 2. The standard InChI is InChI=1S/C25H33F3N2O2/c1-4-5-6-7-8-9-15-32-19-13-14-20-18(16-19)11-10-12-21(20)23(25(26,27)28)30-24(2,3)17-22(31)29-30/h10-14,16,23H,4-9,15,17H2,1-3H3,(H,29,31)/t23-/m0/s1. The highest BCUT2D eigenvalue weighted by molar-refractivity contribution is 5.87. The number of halogens is 3. The highest BCUT2D eigenvalue weighted by atomic mass is 19.4. The zero-order valence-corrected chi connectivity index (χ0v) is 19.1. The Balaban J connectivity index is 1.80. The molecular weight excluding hydrogens is 417 g/mol. The Morgan fingerprint density at radius 1 is 1.09 bits per heavy atom. The molecule has 1 amide bonds. The maximum atomic E-state index is 14.2. The molecule has 1 aliphatic heterocycles. The Labute approximate surface area is 188 Å². The first-order valence-corrected chi connectivity index (χ1v) is 11.4. The third-order valence-electron chi connectivity index (χ3n) is 6.01. The van der Waals surface area contributed by atoms with E-state index < -0.39 is 23.7 Å². The van der Waals surface area contributed by atoms with E-state index in [1.165, 1.54) is 31.7 Å². The number of rotatable bonds is 10. The van der Waals surface area contributed by atoms with Crippen molar-refractivity contribution in [3.05, 3.63) is 42.0 Å². The number of ether oxygens (including phenoxy) is 1. The van der Waals surface area contributed by atoms with Crippen molar-refractivity contribution in [3.8, 4) is 5.75 Å². The van der Waals surface area contributed by atoms with Crippen LogP contribution in [-0.2, 0) is 4.79 Å². The van der Waals surface area contributed by atoms with Crippen molar-refractivity contribution in [2.24, 2.45) is 0 Å². The number of nitrogens with one attached hydrogen (secondary N) is 1. The first-order chi connectivity index (χ1) is 15.1. The Kier molecular flexibility index (Phi) is 7.70. The summed E-state index contributed by atoms with van der Waals surface area (Å²) in [7, 11) is 0. The Bertz CT molecular complexity index is 927. The minimum atomic E-state index is -4.56. The predicted molar refractivity (Wildman–Crippen MR) is 120 cm³/mol. The Morgan fingerprint density at radius 3 is 2.47 bits per heavy atom. The lowest BCUT2D eigenvalue weighted by molar-refractivity contribution is -0.203. The van der Waals surface area contributed by atoms with E-state index in [1.54, 1.807) is 44.2 Å². The molecule has 1 saturated heterocycles. The normalized spacial score (nSPS) is 17.5.